The summed E-state index contributed by atoms with van der Waals surface area (Å²) in [6.45, 7) is 8.32. The lowest BCUT2D eigenvalue weighted by Gasteiger charge is -2.32. The van der Waals surface area contributed by atoms with Crippen molar-refractivity contribution in [1.29, 1.82) is 0 Å². The van der Waals surface area contributed by atoms with E-state index in [9.17, 15) is 4.79 Å². The van der Waals surface area contributed by atoms with Crippen molar-refractivity contribution >= 4 is 5.91 Å². The van der Waals surface area contributed by atoms with Crippen LogP contribution in [-0.2, 0) is 17.9 Å². The number of benzene rings is 2. The van der Waals surface area contributed by atoms with E-state index in [0.29, 0.717) is 13.2 Å². The third-order valence-corrected chi connectivity index (χ3v) is 5.36. The minimum Gasteiger partial charge on any atom is -0.490 e. The van der Waals surface area contributed by atoms with Crippen molar-refractivity contribution in [3.8, 4) is 5.75 Å². The van der Waals surface area contributed by atoms with E-state index in [2.05, 4.69) is 47.1 Å². The van der Waals surface area contributed by atoms with Crippen LogP contribution < -0.4 is 10.1 Å². The normalized spacial score (nSPS) is 15.1. The number of nitrogens with zero attached hydrogens (tertiary/aromatic N) is 2. The highest BCUT2D eigenvalue weighted by Crippen LogP contribution is 2.15. The summed E-state index contributed by atoms with van der Waals surface area (Å²) in [5.41, 5.74) is 2.51. The Labute approximate surface area is 180 Å². The highest BCUT2D eigenvalue weighted by molar-refractivity contribution is 5.78. The van der Waals surface area contributed by atoms with Crippen LogP contribution in [0.15, 0.2) is 67.3 Å². The molecule has 2 aromatic rings. The second-order valence-electron chi connectivity index (χ2n) is 8.02. The minimum atomic E-state index is 0.102. The summed E-state index contributed by atoms with van der Waals surface area (Å²) >= 11 is 0. The molecule has 0 saturated carbocycles. The summed E-state index contributed by atoms with van der Waals surface area (Å²) in [4.78, 5) is 17.0. The second-order valence-corrected chi connectivity index (χ2v) is 8.02. The van der Waals surface area contributed by atoms with E-state index in [1.165, 1.54) is 5.56 Å². The monoisotopic (exact) mass is 407 g/mol. The molecule has 5 nitrogen and oxygen atoms in total. The first-order valence-electron chi connectivity index (χ1n) is 10.7. The molecule has 0 aliphatic carbocycles. The number of ether oxygens (including phenoxy) is 1. The molecular formula is C25H33N3O2. The number of amides is 1. The zero-order valence-corrected chi connectivity index (χ0v) is 17.9. The number of hydrogen-bond acceptors (Lipinski definition) is 4. The molecule has 0 spiro atoms. The van der Waals surface area contributed by atoms with Crippen LogP contribution >= 0.6 is 0 Å². The van der Waals surface area contributed by atoms with Gasteiger partial charge in [-0.15, -0.1) is 0 Å². The molecule has 0 bridgehead atoms. The summed E-state index contributed by atoms with van der Waals surface area (Å²) in [5, 5.41) is 3.22. The average Bonchev–Trinajstić information content (AvgIpc) is 2.75. The Morgan fingerprint density at radius 1 is 1.13 bits per heavy atom. The number of carbonyl (C=O) groups excluding carboxylic acids is 1. The molecule has 30 heavy (non-hydrogen) atoms. The van der Waals surface area contributed by atoms with E-state index in [-0.39, 0.29) is 11.9 Å². The van der Waals surface area contributed by atoms with Gasteiger partial charge in [-0.1, -0.05) is 55.1 Å². The number of hydrogen-bond donors (Lipinski definition) is 1. The molecule has 1 N–H and O–H groups in total. The van der Waals surface area contributed by atoms with Crippen LogP contribution in [0.5, 0.6) is 5.75 Å². The van der Waals surface area contributed by atoms with Crippen molar-refractivity contribution in [2.45, 2.75) is 32.0 Å². The zero-order chi connectivity index (χ0) is 21.2. The smallest absolute Gasteiger partial charge is 0.234 e. The number of likely N-dealkylation sites (N-methyl/N-ethyl adjacent to an activating group) is 1. The first-order chi connectivity index (χ1) is 14.6. The lowest BCUT2D eigenvalue weighted by Crippen LogP contribution is -2.46. The van der Waals surface area contributed by atoms with Crippen molar-refractivity contribution in [2.75, 3.05) is 33.3 Å². The van der Waals surface area contributed by atoms with E-state index in [1.807, 2.05) is 36.2 Å². The molecule has 0 unspecified atom stereocenters. The predicted molar refractivity (Wildman–Crippen MR) is 121 cm³/mol. The summed E-state index contributed by atoms with van der Waals surface area (Å²) in [6.07, 6.45) is 3.75. The van der Waals surface area contributed by atoms with Crippen LogP contribution in [0.3, 0.4) is 0 Å². The van der Waals surface area contributed by atoms with E-state index < -0.39 is 0 Å². The van der Waals surface area contributed by atoms with Crippen LogP contribution in [0.2, 0.25) is 0 Å². The molecule has 0 radical (unpaired) electrons. The fourth-order valence-electron chi connectivity index (χ4n) is 3.81. The van der Waals surface area contributed by atoms with Gasteiger partial charge in [0, 0.05) is 32.2 Å². The lowest BCUT2D eigenvalue weighted by atomic mass is 10.0. The Bertz CT molecular complexity index is 784. The lowest BCUT2D eigenvalue weighted by molar-refractivity contribution is -0.123. The molecule has 160 valence electrons. The van der Waals surface area contributed by atoms with Gasteiger partial charge in [-0.2, -0.15) is 0 Å². The van der Waals surface area contributed by atoms with Gasteiger partial charge < -0.3 is 10.1 Å². The van der Waals surface area contributed by atoms with E-state index in [4.69, 9.17) is 4.74 Å². The van der Waals surface area contributed by atoms with Crippen molar-refractivity contribution in [3.63, 3.8) is 0 Å². The zero-order valence-electron chi connectivity index (χ0n) is 17.9. The van der Waals surface area contributed by atoms with Crippen LogP contribution in [-0.4, -0.2) is 55.0 Å². The molecule has 1 amide bonds. The Kier molecular flexibility index (Phi) is 8.48. The highest BCUT2D eigenvalue weighted by atomic mass is 16.5. The van der Waals surface area contributed by atoms with Gasteiger partial charge in [0.15, 0.2) is 0 Å². The highest BCUT2D eigenvalue weighted by Gasteiger charge is 2.21. The van der Waals surface area contributed by atoms with Crippen LogP contribution in [0.1, 0.15) is 24.0 Å². The molecule has 5 heteroatoms. The van der Waals surface area contributed by atoms with Crippen molar-refractivity contribution in [3.05, 3.63) is 78.4 Å². The van der Waals surface area contributed by atoms with E-state index >= 15 is 0 Å². The van der Waals surface area contributed by atoms with Gasteiger partial charge in [0.2, 0.25) is 5.91 Å². The van der Waals surface area contributed by atoms with Crippen LogP contribution in [0.25, 0.3) is 0 Å². The van der Waals surface area contributed by atoms with Crippen LogP contribution in [0, 0.1) is 0 Å². The molecule has 2 aromatic carbocycles. The Morgan fingerprint density at radius 2 is 1.83 bits per heavy atom. The van der Waals surface area contributed by atoms with Gasteiger partial charge in [0.1, 0.15) is 12.4 Å². The predicted octanol–water partition coefficient (Wildman–Crippen LogP) is 3.46. The average molecular weight is 408 g/mol. The summed E-state index contributed by atoms with van der Waals surface area (Å²) < 4.78 is 5.51. The molecule has 1 aliphatic rings. The van der Waals surface area contributed by atoms with E-state index in [1.54, 1.807) is 6.08 Å². The van der Waals surface area contributed by atoms with Gasteiger partial charge in [0.05, 0.1) is 6.54 Å². The Hall–Kier alpha value is -2.63. The maximum absolute atomic E-state index is 12.5. The summed E-state index contributed by atoms with van der Waals surface area (Å²) in [5.74, 6) is 0.933. The Balaban J connectivity index is 1.35. The third kappa shape index (κ3) is 7.32. The first-order valence-corrected chi connectivity index (χ1v) is 10.7. The number of likely N-dealkylation sites (tertiary alicyclic amines) is 1. The third-order valence-electron chi connectivity index (χ3n) is 5.36. The molecule has 0 atom stereocenters. The fourth-order valence-corrected chi connectivity index (χ4v) is 3.81. The van der Waals surface area contributed by atoms with Gasteiger partial charge in [-0.05, 0) is 43.1 Å². The van der Waals surface area contributed by atoms with Gasteiger partial charge in [-0.3, -0.25) is 14.6 Å². The summed E-state index contributed by atoms with van der Waals surface area (Å²) in [6, 6.07) is 18.8. The largest absolute Gasteiger partial charge is 0.490 e. The molecule has 1 saturated heterocycles. The standard InChI is InChI=1S/C25H33N3O2/c1-3-17-30-24-11-9-22(10-12-24)18-27(2)20-25(29)26-23-13-15-28(16-14-23)19-21-7-5-4-6-8-21/h3-12,23H,1,13-20H2,2H3,(H,26,29). The number of piperidine rings is 1. The summed E-state index contributed by atoms with van der Waals surface area (Å²) in [7, 11) is 1.98. The molecule has 1 aliphatic heterocycles. The van der Waals surface area contributed by atoms with Crippen molar-refractivity contribution in [2.24, 2.45) is 0 Å². The number of nitrogens with one attached hydrogen (secondary N) is 1. The molecular weight excluding hydrogens is 374 g/mol. The van der Waals surface area contributed by atoms with Gasteiger partial charge in [-0.25, -0.2) is 0 Å². The van der Waals surface area contributed by atoms with Crippen molar-refractivity contribution < 1.29 is 9.53 Å². The number of carbonyl (C=O) groups is 1. The molecule has 1 heterocycles. The molecule has 3 rings (SSSR count). The topological polar surface area (TPSA) is 44.8 Å². The maximum Gasteiger partial charge on any atom is 0.234 e. The SMILES string of the molecule is C=CCOc1ccc(CN(C)CC(=O)NC2CCN(Cc3ccccc3)CC2)cc1. The molecule has 0 aromatic heterocycles. The molecule has 1 fully saturated rings. The second kappa shape index (κ2) is 11.5. The van der Waals surface area contributed by atoms with E-state index in [0.717, 1.165) is 50.3 Å². The fraction of sp³-hybridized carbons (Fsp3) is 0.400. The minimum absolute atomic E-state index is 0.102. The Morgan fingerprint density at radius 3 is 2.50 bits per heavy atom. The quantitative estimate of drug-likeness (QED) is 0.613. The van der Waals surface area contributed by atoms with Gasteiger partial charge in [0.25, 0.3) is 0 Å². The van der Waals surface area contributed by atoms with Crippen LogP contribution in [0.4, 0.5) is 0 Å². The maximum atomic E-state index is 12.5. The van der Waals surface area contributed by atoms with Gasteiger partial charge >= 0.3 is 0 Å². The number of rotatable bonds is 10. The first kappa shape index (κ1) is 22.1. The van der Waals surface area contributed by atoms with Crippen molar-refractivity contribution in [1.82, 2.24) is 15.1 Å².